The van der Waals surface area contributed by atoms with Crippen LogP contribution in [0.15, 0.2) is 0 Å². The molecule has 0 aromatic heterocycles. The Morgan fingerprint density at radius 1 is 1.08 bits per heavy atom. The van der Waals surface area contributed by atoms with Crippen molar-refractivity contribution in [3.05, 3.63) is 0 Å². The molecule has 13 heavy (non-hydrogen) atoms. The fourth-order valence-corrected chi connectivity index (χ4v) is 1.73. The second-order valence-electron chi connectivity index (χ2n) is 4.27. The molecule has 0 heterocycles. The summed E-state index contributed by atoms with van der Waals surface area (Å²) in [7, 11) is 2.26. The Morgan fingerprint density at radius 2 is 1.69 bits per heavy atom. The van der Waals surface area contributed by atoms with E-state index < -0.39 is 0 Å². The van der Waals surface area contributed by atoms with Crippen LogP contribution in [0.1, 0.15) is 44.9 Å². The predicted octanol–water partition coefficient (Wildman–Crippen LogP) is 1.99. The fraction of sp³-hybridized carbons (Fsp3) is 1.00. The Hall–Kier alpha value is -0.0800. The number of hydrogen-bond acceptors (Lipinski definition) is 2. The minimum Gasteiger partial charge on any atom is -0.330 e. The van der Waals surface area contributed by atoms with Gasteiger partial charge in [-0.05, 0) is 45.8 Å². The minimum atomic E-state index is 0.863. The van der Waals surface area contributed by atoms with E-state index in [0.29, 0.717) is 0 Å². The molecule has 2 heteroatoms. The van der Waals surface area contributed by atoms with Crippen LogP contribution in [0, 0.1) is 0 Å². The van der Waals surface area contributed by atoms with E-state index in [1.54, 1.807) is 0 Å². The first-order valence-electron chi connectivity index (χ1n) is 5.75. The van der Waals surface area contributed by atoms with E-state index in [-0.39, 0.29) is 0 Å². The molecule has 0 aromatic carbocycles. The summed E-state index contributed by atoms with van der Waals surface area (Å²) in [6.07, 6.45) is 9.53. The normalized spacial score (nSPS) is 16.8. The third kappa shape index (κ3) is 5.27. The SMILES string of the molecule is CN(CCCCCCCN)C1CC1. The van der Waals surface area contributed by atoms with Crippen molar-refractivity contribution in [2.45, 2.75) is 51.0 Å². The van der Waals surface area contributed by atoms with Crippen molar-refractivity contribution in [2.24, 2.45) is 5.73 Å². The lowest BCUT2D eigenvalue weighted by molar-refractivity contribution is 0.314. The third-order valence-electron chi connectivity index (χ3n) is 2.89. The molecule has 78 valence electrons. The maximum absolute atomic E-state index is 5.43. The van der Waals surface area contributed by atoms with E-state index in [4.69, 9.17) is 5.73 Å². The lowest BCUT2D eigenvalue weighted by Crippen LogP contribution is -2.21. The smallest absolute Gasteiger partial charge is 0.00933 e. The van der Waals surface area contributed by atoms with E-state index >= 15 is 0 Å². The van der Waals surface area contributed by atoms with Crippen molar-refractivity contribution in [3.63, 3.8) is 0 Å². The zero-order valence-electron chi connectivity index (χ0n) is 8.97. The van der Waals surface area contributed by atoms with Gasteiger partial charge in [0.1, 0.15) is 0 Å². The molecule has 2 nitrogen and oxygen atoms in total. The average molecular weight is 184 g/mol. The van der Waals surface area contributed by atoms with Gasteiger partial charge >= 0.3 is 0 Å². The summed E-state index contributed by atoms with van der Waals surface area (Å²) >= 11 is 0. The first-order chi connectivity index (χ1) is 6.34. The Balaban J connectivity index is 1.77. The van der Waals surface area contributed by atoms with Crippen LogP contribution in [0.25, 0.3) is 0 Å². The van der Waals surface area contributed by atoms with Gasteiger partial charge in [0.15, 0.2) is 0 Å². The second kappa shape index (κ2) is 6.39. The van der Waals surface area contributed by atoms with Crippen LogP contribution < -0.4 is 5.73 Å². The van der Waals surface area contributed by atoms with E-state index in [1.165, 1.54) is 51.5 Å². The summed E-state index contributed by atoms with van der Waals surface area (Å²) in [5.41, 5.74) is 5.43. The highest BCUT2D eigenvalue weighted by molar-refractivity contribution is 4.81. The molecule has 2 N–H and O–H groups in total. The average Bonchev–Trinajstić information content (AvgIpc) is 2.93. The topological polar surface area (TPSA) is 29.3 Å². The van der Waals surface area contributed by atoms with Crippen molar-refractivity contribution in [2.75, 3.05) is 20.1 Å². The third-order valence-corrected chi connectivity index (χ3v) is 2.89. The van der Waals surface area contributed by atoms with Gasteiger partial charge in [-0.1, -0.05) is 19.3 Å². The first kappa shape index (κ1) is 11.0. The lowest BCUT2D eigenvalue weighted by Gasteiger charge is -2.14. The molecule has 0 bridgehead atoms. The van der Waals surface area contributed by atoms with Gasteiger partial charge < -0.3 is 10.6 Å². The summed E-state index contributed by atoms with van der Waals surface area (Å²) in [6.45, 7) is 2.16. The van der Waals surface area contributed by atoms with Gasteiger partial charge in [-0.15, -0.1) is 0 Å². The fourth-order valence-electron chi connectivity index (χ4n) is 1.73. The Labute approximate surface area is 82.5 Å². The number of nitrogens with two attached hydrogens (primary N) is 1. The van der Waals surface area contributed by atoms with Gasteiger partial charge in [0.2, 0.25) is 0 Å². The van der Waals surface area contributed by atoms with Crippen LogP contribution in [0.4, 0.5) is 0 Å². The van der Waals surface area contributed by atoms with E-state index in [2.05, 4.69) is 11.9 Å². The number of nitrogens with zero attached hydrogens (tertiary/aromatic N) is 1. The number of hydrogen-bond donors (Lipinski definition) is 1. The summed E-state index contributed by atoms with van der Waals surface area (Å²) < 4.78 is 0. The maximum Gasteiger partial charge on any atom is 0.00933 e. The molecule has 0 radical (unpaired) electrons. The molecule has 1 fully saturated rings. The van der Waals surface area contributed by atoms with Crippen molar-refractivity contribution in [1.82, 2.24) is 4.90 Å². The summed E-state index contributed by atoms with van der Waals surface area (Å²) in [5, 5.41) is 0. The molecule has 0 unspecified atom stereocenters. The molecule has 0 atom stereocenters. The molecule has 0 spiro atoms. The highest BCUT2D eigenvalue weighted by Gasteiger charge is 2.25. The first-order valence-corrected chi connectivity index (χ1v) is 5.75. The Morgan fingerprint density at radius 3 is 2.31 bits per heavy atom. The van der Waals surface area contributed by atoms with Crippen molar-refractivity contribution >= 4 is 0 Å². The van der Waals surface area contributed by atoms with Crippen LogP contribution in [0.5, 0.6) is 0 Å². The largest absolute Gasteiger partial charge is 0.330 e. The van der Waals surface area contributed by atoms with Crippen molar-refractivity contribution in [3.8, 4) is 0 Å². The molecular formula is C11H24N2. The zero-order chi connectivity index (χ0) is 9.52. The second-order valence-corrected chi connectivity index (χ2v) is 4.27. The van der Waals surface area contributed by atoms with Crippen molar-refractivity contribution in [1.29, 1.82) is 0 Å². The van der Waals surface area contributed by atoms with E-state index in [0.717, 1.165) is 12.6 Å². The Kier molecular flexibility index (Phi) is 5.40. The quantitative estimate of drug-likeness (QED) is 0.585. The van der Waals surface area contributed by atoms with Gasteiger partial charge in [-0.25, -0.2) is 0 Å². The van der Waals surface area contributed by atoms with E-state index in [1.807, 2.05) is 0 Å². The van der Waals surface area contributed by atoms with Crippen LogP contribution in [0.2, 0.25) is 0 Å². The number of rotatable bonds is 8. The van der Waals surface area contributed by atoms with E-state index in [9.17, 15) is 0 Å². The van der Waals surface area contributed by atoms with Crippen LogP contribution in [0.3, 0.4) is 0 Å². The summed E-state index contributed by atoms with van der Waals surface area (Å²) in [5.74, 6) is 0. The van der Waals surface area contributed by atoms with Crippen LogP contribution >= 0.6 is 0 Å². The molecule has 0 aromatic rings. The molecular weight excluding hydrogens is 160 g/mol. The number of unbranched alkanes of at least 4 members (excludes halogenated alkanes) is 4. The van der Waals surface area contributed by atoms with Gasteiger partial charge in [0, 0.05) is 6.04 Å². The highest BCUT2D eigenvalue weighted by atomic mass is 15.1. The van der Waals surface area contributed by atoms with Gasteiger partial charge in [0.25, 0.3) is 0 Å². The van der Waals surface area contributed by atoms with Gasteiger partial charge in [-0.3, -0.25) is 0 Å². The molecule has 1 rings (SSSR count). The Bertz CT molecular complexity index is 121. The molecule has 0 amide bonds. The zero-order valence-corrected chi connectivity index (χ0v) is 8.97. The molecule has 0 saturated heterocycles. The summed E-state index contributed by atoms with van der Waals surface area (Å²) in [6, 6.07) is 0.934. The standard InChI is InChI=1S/C11H24N2/c1-13(11-7-8-11)10-6-4-2-3-5-9-12/h11H,2-10,12H2,1H3. The minimum absolute atomic E-state index is 0.863. The molecule has 0 aliphatic heterocycles. The van der Waals surface area contributed by atoms with Crippen molar-refractivity contribution < 1.29 is 0 Å². The van der Waals surface area contributed by atoms with Gasteiger partial charge in [0.05, 0.1) is 0 Å². The predicted molar refractivity (Wildman–Crippen MR) is 57.8 cm³/mol. The van der Waals surface area contributed by atoms with Crippen LogP contribution in [-0.4, -0.2) is 31.1 Å². The highest BCUT2D eigenvalue weighted by Crippen LogP contribution is 2.25. The van der Waals surface area contributed by atoms with Gasteiger partial charge in [-0.2, -0.15) is 0 Å². The molecule has 1 aliphatic carbocycles. The monoisotopic (exact) mass is 184 g/mol. The molecule has 1 aliphatic rings. The summed E-state index contributed by atoms with van der Waals surface area (Å²) in [4.78, 5) is 2.52. The lowest BCUT2D eigenvalue weighted by atomic mass is 10.1. The van der Waals surface area contributed by atoms with Crippen LogP contribution in [-0.2, 0) is 0 Å². The molecule has 1 saturated carbocycles. The maximum atomic E-state index is 5.43.